The quantitative estimate of drug-likeness (QED) is 0.704. The van der Waals surface area contributed by atoms with Crippen LogP contribution in [-0.2, 0) is 25.6 Å². The minimum atomic E-state index is -4.33. The lowest BCUT2D eigenvalue weighted by Gasteiger charge is -2.21. The van der Waals surface area contributed by atoms with Gasteiger partial charge in [0.1, 0.15) is 24.1 Å². The van der Waals surface area contributed by atoms with Gasteiger partial charge in [0.05, 0.1) is 12.0 Å². The molecule has 2 aliphatic rings. The number of hydrogen-bond acceptors (Lipinski definition) is 8. The molecular formula is C12H14FN5O5S. The summed E-state index contributed by atoms with van der Waals surface area (Å²) in [5.74, 6) is 0. The number of rotatable bonds is 4. The molecule has 5 atom stereocenters. The summed E-state index contributed by atoms with van der Waals surface area (Å²) in [6.45, 7) is 1.90. The van der Waals surface area contributed by atoms with E-state index in [-0.39, 0.29) is 0 Å². The molecule has 0 radical (unpaired) electrons. The summed E-state index contributed by atoms with van der Waals surface area (Å²) in [5, 5.41) is 15.0. The summed E-state index contributed by atoms with van der Waals surface area (Å²) in [5.41, 5.74) is -0.496. The molecule has 3 N–H and O–H groups in total. The van der Waals surface area contributed by atoms with Gasteiger partial charge >= 0.3 is 10.3 Å². The molecule has 10 nitrogen and oxygen atoms in total. The van der Waals surface area contributed by atoms with E-state index < -0.39 is 40.5 Å². The van der Waals surface area contributed by atoms with Crippen LogP contribution in [0, 0.1) is 0 Å². The lowest BCUT2D eigenvalue weighted by atomic mass is 10.2. The first-order valence-electron chi connectivity index (χ1n) is 7.16. The molecule has 2 fully saturated rings. The SMILES string of the molecule is CCc1ncnc2c1ncn2[C@@H]1O[C@@H]2C(OS(N)(=O)=O)[C@]2(O)[C@@H]1F. The maximum atomic E-state index is 14.7. The zero-order chi connectivity index (χ0) is 17.3. The number of imidazole rings is 1. The van der Waals surface area contributed by atoms with Gasteiger partial charge in [0, 0.05) is 0 Å². The van der Waals surface area contributed by atoms with E-state index in [0.717, 1.165) is 0 Å². The van der Waals surface area contributed by atoms with Crippen LogP contribution in [0.25, 0.3) is 11.2 Å². The van der Waals surface area contributed by atoms with Crippen molar-refractivity contribution >= 4 is 21.5 Å². The highest BCUT2D eigenvalue weighted by atomic mass is 32.2. The highest BCUT2D eigenvalue weighted by Crippen LogP contribution is 2.57. The standard InChI is InChI=1S/C12H14FN5O5S/c1-2-5-6-10(16-3-15-5)18(4-17-6)11-7(13)12(19)8(22-11)9(12)23-24(14,20)21/h3-4,7-9,11,19H,2H2,1H3,(H2,14,20,21)/t7-,8-,9?,11-,12+/m1/s1. The second-order valence-electron chi connectivity index (χ2n) is 5.74. The number of aliphatic hydroxyl groups is 1. The Kier molecular flexibility index (Phi) is 3.22. The summed E-state index contributed by atoms with van der Waals surface area (Å²) >= 11 is 0. The second kappa shape index (κ2) is 4.89. The Labute approximate surface area is 135 Å². The minimum Gasteiger partial charge on any atom is -0.381 e. The zero-order valence-electron chi connectivity index (χ0n) is 12.4. The number of hydrogen-bond donors (Lipinski definition) is 2. The maximum absolute atomic E-state index is 14.7. The molecule has 130 valence electrons. The molecule has 1 saturated heterocycles. The first-order valence-corrected chi connectivity index (χ1v) is 8.63. The molecule has 1 saturated carbocycles. The smallest absolute Gasteiger partial charge is 0.333 e. The number of aryl methyl sites for hydroxylation is 1. The van der Waals surface area contributed by atoms with E-state index in [9.17, 15) is 17.9 Å². The molecule has 1 aliphatic heterocycles. The lowest BCUT2D eigenvalue weighted by Crippen LogP contribution is -2.35. The van der Waals surface area contributed by atoms with Gasteiger partial charge in [-0.25, -0.2) is 28.7 Å². The monoisotopic (exact) mass is 359 g/mol. The second-order valence-corrected chi connectivity index (χ2v) is 6.92. The highest BCUT2D eigenvalue weighted by Gasteiger charge is 2.80. The van der Waals surface area contributed by atoms with E-state index in [1.807, 2.05) is 6.92 Å². The molecule has 12 heteroatoms. The van der Waals surface area contributed by atoms with Gasteiger partial charge in [-0.05, 0) is 6.42 Å². The molecule has 1 aliphatic carbocycles. The third-order valence-corrected chi connectivity index (χ3v) is 4.81. The van der Waals surface area contributed by atoms with E-state index in [1.54, 1.807) is 0 Å². The van der Waals surface area contributed by atoms with Crippen LogP contribution >= 0.6 is 0 Å². The van der Waals surface area contributed by atoms with Crippen molar-refractivity contribution in [1.29, 1.82) is 0 Å². The van der Waals surface area contributed by atoms with Gasteiger partial charge in [-0.15, -0.1) is 0 Å². The normalized spacial score (nSPS) is 35.3. The molecule has 0 aromatic carbocycles. The van der Waals surface area contributed by atoms with Crippen LogP contribution in [0.4, 0.5) is 4.39 Å². The zero-order valence-corrected chi connectivity index (χ0v) is 13.2. The largest absolute Gasteiger partial charge is 0.381 e. The van der Waals surface area contributed by atoms with E-state index in [1.165, 1.54) is 17.2 Å². The van der Waals surface area contributed by atoms with Crippen molar-refractivity contribution in [2.75, 3.05) is 0 Å². The van der Waals surface area contributed by atoms with Gasteiger partial charge in [-0.3, -0.25) is 4.57 Å². The van der Waals surface area contributed by atoms with Crippen molar-refractivity contribution in [2.24, 2.45) is 5.14 Å². The summed E-state index contributed by atoms with van der Waals surface area (Å²) in [6.07, 6.45) is -2.34. The number of nitrogens with zero attached hydrogens (tertiary/aromatic N) is 4. The van der Waals surface area contributed by atoms with Crippen LogP contribution in [0.15, 0.2) is 12.7 Å². The topological polar surface area (TPSA) is 142 Å². The molecule has 0 amide bonds. The maximum Gasteiger partial charge on any atom is 0.333 e. The molecule has 2 aromatic rings. The lowest BCUT2D eigenvalue weighted by molar-refractivity contribution is -0.0544. The number of nitrogens with two attached hydrogens (primary N) is 1. The van der Waals surface area contributed by atoms with Crippen LogP contribution in [0.5, 0.6) is 0 Å². The Morgan fingerprint density at radius 3 is 2.83 bits per heavy atom. The number of aromatic nitrogens is 4. The first kappa shape index (κ1) is 15.8. The first-order chi connectivity index (χ1) is 11.3. The molecule has 3 heterocycles. The highest BCUT2D eigenvalue weighted by molar-refractivity contribution is 7.84. The Hall–Kier alpha value is -1.73. The molecule has 0 bridgehead atoms. The van der Waals surface area contributed by atoms with E-state index >= 15 is 0 Å². The van der Waals surface area contributed by atoms with E-state index in [2.05, 4.69) is 19.1 Å². The Balaban J connectivity index is 1.65. The number of ether oxygens (including phenoxy) is 1. The van der Waals surface area contributed by atoms with Gasteiger partial charge in [0.25, 0.3) is 0 Å². The van der Waals surface area contributed by atoms with Crippen molar-refractivity contribution < 1.29 is 26.8 Å². The van der Waals surface area contributed by atoms with Gasteiger partial charge in [-0.1, -0.05) is 6.92 Å². The molecule has 2 aromatic heterocycles. The molecule has 24 heavy (non-hydrogen) atoms. The van der Waals surface area contributed by atoms with Crippen LogP contribution in [0.1, 0.15) is 18.8 Å². The van der Waals surface area contributed by atoms with E-state index in [0.29, 0.717) is 23.3 Å². The number of fused-ring (bicyclic) bond motifs is 2. The fourth-order valence-corrected chi connectivity index (χ4v) is 3.64. The van der Waals surface area contributed by atoms with Crippen molar-refractivity contribution in [2.45, 2.75) is 43.6 Å². The predicted molar refractivity (Wildman–Crippen MR) is 76.4 cm³/mol. The summed E-state index contributed by atoms with van der Waals surface area (Å²) in [4.78, 5) is 12.4. The van der Waals surface area contributed by atoms with Gasteiger partial charge in [-0.2, -0.15) is 8.42 Å². The minimum absolute atomic E-state index is 0.364. The Morgan fingerprint density at radius 2 is 2.25 bits per heavy atom. The third kappa shape index (κ3) is 2.07. The van der Waals surface area contributed by atoms with Crippen LogP contribution in [-0.4, -0.2) is 57.0 Å². The molecule has 0 spiro atoms. The predicted octanol–water partition coefficient (Wildman–Crippen LogP) is -1.04. The number of alkyl halides is 1. The molecule has 1 unspecified atom stereocenters. The summed E-state index contributed by atoms with van der Waals surface area (Å²) < 4.78 is 47.9. The van der Waals surface area contributed by atoms with Crippen molar-refractivity contribution in [3.63, 3.8) is 0 Å². The summed E-state index contributed by atoms with van der Waals surface area (Å²) in [7, 11) is -4.33. The van der Waals surface area contributed by atoms with Crippen molar-refractivity contribution in [1.82, 2.24) is 19.5 Å². The third-order valence-electron chi connectivity index (χ3n) is 4.34. The van der Waals surface area contributed by atoms with Gasteiger partial charge in [0.2, 0.25) is 0 Å². The Morgan fingerprint density at radius 1 is 1.50 bits per heavy atom. The van der Waals surface area contributed by atoms with Crippen molar-refractivity contribution in [3.05, 3.63) is 18.3 Å². The fourth-order valence-electron chi connectivity index (χ4n) is 3.10. The van der Waals surface area contributed by atoms with Crippen LogP contribution in [0.2, 0.25) is 0 Å². The summed E-state index contributed by atoms with van der Waals surface area (Å²) in [6, 6.07) is 0. The fraction of sp³-hybridized carbons (Fsp3) is 0.583. The van der Waals surface area contributed by atoms with Crippen LogP contribution in [0.3, 0.4) is 0 Å². The number of halogens is 1. The van der Waals surface area contributed by atoms with E-state index in [4.69, 9.17) is 9.88 Å². The average molecular weight is 359 g/mol. The molecule has 4 rings (SSSR count). The van der Waals surface area contributed by atoms with Gasteiger partial charge < -0.3 is 9.84 Å². The van der Waals surface area contributed by atoms with Gasteiger partial charge in [0.15, 0.2) is 23.6 Å². The average Bonchev–Trinajstić information content (AvgIpc) is 2.86. The molecular weight excluding hydrogens is 345 g/mol. The Bertz CT molecular complexity index is 920. The van der Waals surface area contributed by atoms with Crippen LogP contribution < -0.4 is 5.14 Å². The van der Waals surface area contributed by atoms with Crippen molar-refractivity contribution in [3.8, 4) is 0 Å².